The number of halogens is 1. The van der Waals surface area contributed by atoms with Gasteiger partial charge in [0.15, 0.2) is 9.84 Å². The zero-order chi connectivity index (χ0) is 15.6. The number of carbonyl (C=O) groups is 1. The van der Waals surface area contributed by atoms with E-state index in [2.05, 4.69) is 0 Å². The maximum absolute atomic E-state index is 12.5. The molecule has 1 unspecified atom stereocenters. The van der Waals surface area contributed by atoms with Gasteiger partial charge in [0.25, 0.3) is 0 Å². The van der Waals surface area contributed by atoms with Crippen LogP contribution in [-0.4, -0.2) is 50.8 Å². The fourth-order valence-electron chi connectivity index (χ4n) is 2.06. The number of rotatable bonds is 3. The summed E-state index contributed by atoms with van der Waals surface area (Å²) in [6, 6.07) is 4.05. The van der Waals surface area contributed by atoms with Gasteiger partial charge < -0.3 is 15.4 Å². The second-order valence-electron chi connectivity index (χ2n) is 4.81. The van der Waals surface area contributed by atoms with Crippen molar-refractivity contribution in [3.63, 3.8) is 0 Å². The zero-order valence-electron chi connectivity index (χ0n) is 11.6. The number of morpholine rings is 1. The van der Waals surface area contributed by atoms with Gasteiger partial charge in [-0.25, -0.2) is 8.42 Å². The Morgan fingerprint density at radius 2 is 2.00 bits per heavy atom. The largest absolute Gasteiger partial charge is 0.398 e. The van der Waals surface area contributed by atoms with Crippen molar-refractivity contribution in [3.8, 4) is 0 Å². The Bertz CT molecular complexity index is 642. The topological polar surface area (TPSA) is 89.7 Å². The predicted octanol–water partition coefficient (Wildman–Crippen LogP) is 0.943. The summed E-state index contributed by atoms with van der Waals surface area (Å²) in [7, 11) is -3.80. The molecule has 0 aromatic heterocycles. The van der Waals surface area contributed by atoms with E-state index in [1.165, 1.54) is 30.0 Å². The summed E-state index contributed by atoms with van der Waals surface area (Å²) < 4.78 is 30.2. The fraction of sp³-hybridized carbons (Fsp3) is 0.462. The molecule has 0 aliphatic carbocycles. The SMILES string of the molecule is CC(C(=O)N1CCOCC1)S(=O)(=O)c1ccc(N)c(Cl)c1. The minimum atomic E-state index is -3.80. The number of ether oxygens (including phenoxy) is 1. The molecule has 116 valence electrons. The average Bonchev–Trinajstić information content (AvgIpc) is 2.49. The number of nitrogens with zero attached hydrogens (tertiary/aromatic N) is 1. The highest BCUT2D eigenvalue weighted by Crippen LogP contribution is 2.25. The van der Waals surface area contributed by atoms with Gasteiger partial charge in [-0.2, -0.15) is 0 Å². The number of hydrogen-bond donors (Lipinski definition) is 1. The lowest BCUT2D eigenvalue weighted by Gasteiger charge is -2.29. The molecule has 1 fully saturated rings. The van der Waals surface area contributed by atoms with Crippen molar-refractivity contribution >= 4 is 33.0 Å². The molecular formula is C13H17ClN2O4S. The van der Waals surface area contributed by atoms with Gasteiger partial charge in [0, 0.05) is 13.1 Å². The summed E-state index contributed by atoms with van der Waals surface area (Å²) in [5, 5.41) is -1.02. The normalized spacial score (nSPS) is 17.5. The molecular weight excluding hydrogens is 316 g/mol. The minimum Gasteiger partial charge on any atom is -0.398 e. The number of anilines is 1. The van der Waals surface area contributed by atoms with Crippen LogP contribution in [0.5, 0.6) is 0 Å². The fourth-order valence-corrected chi connectivity index (χ4v) is 3.67. The number of nitrogens with two attached hydrogens (primary N) is 1. The molecule has 0 saturated carbocycles. The first-order valence-electron chi connectivity index (χ1n) is 6.49. The van der Waals surface area contributed by atoms with Gasteiger partial charge in [-0.3, -0.25) is 4.79 Å². The predicted molar refractivity (Wildman–Crippen MR) is 79.9 cm³/mol. The van der Waals surface area contributed by atoms with E-state index in [0.717, 1.165) is 0 Å². The molecule has 1 aliphatic rings. The summed E-state index contributed by atoms with van der Waals surface area (Å²) >= 11 is 5.85. The molecule has 0 bridgehead atoms. The Kier molecular flexibility index (Phi) is 4.75. The van der Waals surface area contributed by atoms with E-state index in [0.29, 0.717) is 32.0 Å². The van der Waals surface area contributed by atoms with Crippen molar-refractivity contribution in [3.05, 3.63) is 23.2 Å². The van der Waals surface area contributed by atoms with E-state index >= 15 is 0 Å². The third-order valence-corrected chi connectivity index (χ3v) is 5.81. The number of amides is 1. The highest BCUT2D eigenvalue weighted by molar-refractivity contribution is 7.92. The lowest BCUT2D eigenvalue weighted by molar-refractivity contribution is -0.134. The van der Waals surface area contributed by atoms with Crippen LogP contribution >= 0.6 is 11.6 Å². The van der Waals surface area contributed by atoms with E-state index in [9.17, 15) is 13.2 Å². The quantitative estimate of drug-likeness (QED) is 0.832. The molecule has 1 atom stereocenters. The van der Waals surface area contributed by atoms with Crippen molar-refractivity contribution < 1.29 is 17.9 Å². The van der Waals surface area contributed by atoms with E-state index < -0.39 is 21.0 Å². The molecule has 0 spiro atoms. The van der Waals surface area contributed by atoms with Crippen LogP contribution in [-0.2, 0) is 19.4 Å². The summed E-state index contributed by atoms with van der Waals surface area (Å²) in [5.74, 6) is -0.425. The van der Waals surface area contributed by atoms with E-state index in [1.807, 2.05) is 0 Å². The smallest absolute Gasteiger partial charge is 0.241 e. The third-order valence-electron chi connectivity index (χ3n) is 3.44. The molecule has 1 aromatic carbocycles. The first-order chi connectivity index (χ1) is 9.84. The number of hydrogen-bond acceptors (Lipinski definition) is 5. The van der Waals surface area contributed by atoms with Crippen LogP contribution in [0.25, 0.3) is 0 Å². The van der Waals surface area contributed by atoms with Crippen molar-refractivity contribution in [1.82, 2.24) is 4.90 Å². The van der Waals surface area contributed by atoms with Crippen LogP contribution in [0.2, 0.25) is 5.02 Å². The zero-order valence-corrected chi connectivity index (χ0v) is 13.2. The minimum absolute atomic E-state index is 0.00388. The van der Waals surface area contributed by atoms with Crippen molar-refractivity contribution in [2.24, 2.45) is 0 Å². The van der Waals surface area contributed by atoms with E-state index in [4.69, 9.17) is 22.1 Å². The number of sulfone groups is 1. The highest BCUT2D eigenvalue weighted by atomic mass is 35.5. The first kappa shape index (κ1) is 16.1. The second kappa shape index (κ2) is 6.21. The Balaban J connectivity index is 2.25. The molecule has 8 heteroatoms. The Morgan fingerprint density at radius 3 is 2.57 bits per heavy atom. The lowest BCUT2D eigenvalue weighted by atomic mass is 10.3. The molecule has 6 nitrogen and oxygen atoms in total. The van der Waals surface area contributed by atoms with Gasteiger partial charge >= 0.3 is 0 Å². The summed E-state index contributed by atoms with van der Waals surface area (Å²) in [4.78, 5) is 13.8. The molecule has 0 radical (unpaired) electrons. The van der Waals surface area contributed by atoms with Crippen LogP contribution in [0.1, 0.15) is 6.92 Å². The molecule has 1 aliphatic heterocycles. The standard InChI is InChI=1S/C13H17ClN2O4S/c1-9(13(17)16-4-6-20-7-5-16)21(18,19)10-2-3-12(15)11(14)8-10/h2-3,8-9H,4-7,15H2,1H3. The van der Waals surface area contributed by atoms with E-state index in [-0.39, 0.29) is 9.92 Å². The molecule has 2 rings (SSSR count). The maximum atomic E-state index is 12.5. The number of carbonyl (C=O) groups excluding carboxylic acids is 1. The van der Waals surface area contributed by atoms with E-state index in [1.54, 1.807) is 0 Å². The molecule has 21 heavy (non-hydrogen) atoms. The monoisotopic (exact) mass is 332 g/mol. The van der Waals surface area contributed by atoms with Gasteiger partial charge in [-0.15, -0.1) is 0 Å². The third kappa shape index (κ3) is 3.30. The summed E-state index contributed by atoms with van der Waals surface area (Å²) in [5.41, 5.74) is 5.86. The maximum Gasteiger partial charge on any atom is 0.241 e. The molecule has 1 amide bonds. The first-order valence-corrected chi connectivity index (χ1v) is 8.42. The molecule has 1 heterocycles. The molecule has 2 N–H and O–H groups in total. The number of nitrogen functional groups attached to an aromatic ring is 1. The Hall–Kier alpha value is -1.31. The average molecular weight is 333 g/mol. The van der Waals surface area contributed by atoms with Crippen LogP contribution in [0.15, 0.2) is 23.1 Å². The van der Waals surface area contributed by atoms with Crippen LogP contribution in [0, 0.1) is 0 Å². The van der Waals surface area contributed by atoms with Crippen LogP contribution in [0.4, 0.5) is 5.69 Å². The van der Waals surface area contributed by atoms with Crippen molar-refractivity contribution in [1.29, 1.82) is 0 Å². The van der Waals surface area contributed by atoms with Gasteiger partial charge in [0.05, 0.1) is 28.8 Å². The molecule has 1 saturated heterocycles. The highest BCUT2D eigenvalue weighted by Gasteiger charge is 2.33. The Labute approximate surface area is 128 Å². The molecule has 1 aromatic rings. The van der Waals surface area contributed by atoms with Gasteiger partial charge in [-0.05, 0) is 25.1 Å². The van der Waals surface area contributed by atoms with Gasteiger partial charge in [0.2, 0.25) is 5.91 Å². The lowest BCUT2D eigenvalue weighted by Crippen LogP contribution is -2.47. The summed E-state index contributed by atoms with van der Waals surface area (Å²) in [6.45, 7) is 3.04. The van der Waals surface area contributed by atoms with Gasteiger partial charge in [0.1, 0.15) is 5.25 Å². The van der Waals surface area contributed by atoms with Crippen LogP contribution < -0.4 is 5.73 Å². The summed E-state index contributed by atoms with van der Waals surface area (Å²) in [6.07, 6.45) is 0. The van der Waals surface area contributed by atoms with Crippen molar-refractivity contribution in [2.45, 2.75) is 17.1 Å². The van der Waals surface area contributed by atoms with Crippen molar-refractivity contribution in [2.75, 3.05) is 32.0 Å². The van der Waals surface area contributed by atoms with Gasteiger partial charge in [-0.1, -0.05) is 11.6 Å². The van der Waals surface area contributed by atoms with Crippen LogP contribution in [0.3, 0.4) is 0 Å². The number of benzene rings is 1. The second-order valence-corrected chi connectivity index (χ2v) is 7.48. The Morgan fingerprint density at radius 1 is 1.38 bits per heavy atom.